The van der Waals surface area contributed by atoms with Crippen molar-refractivity contribution in [2.45, 2.75) is 39.2 Å². The number of hydrogen-bond donors (Lipinski definition) is 3. The number of nitrogen functional groups attached to an aromatic ring is 1. The van der Waals surface area contributed by atoms with Crippen molar-refractivity contribution in [3.05, 3.63) is 41.6 Å². The summed E-state index contributed by atoms with van der Waals surface area (Å²) in [6.07, 6.45) is 2.67. The van der Waals surface area contributed by atoms with E-state index in [9.17, 15) is 5.26 Å². The number of nitriles is 1. The van der Waals surface area contributed by atoms with Gasteiger partial charge in [-0.05, 0) is 44.2 Å². The highest BCUT2D eigenvalue weighted by Gasteiger charge is 2.33. The second kappa shape index (κ2) is 8.58. The molecule has 1 aliphatic carbocycles. The average molecular weight is 365 g/mol. The van der Waals surface area contributed by atoms with E-state index < -0.39 is 0 Å². The number of benzene rings is 1. The van der Waals surface area contributed by atoms with E-state index in [0.717, 1.165) is 36.2 Å². The van der Waals surface area contributed by atoms with Crippen molar-refractivity contribution in [1.29, 1.82) is 5.26 Å². The Morgan fingerprint density at radius 2 is 2.15 bits per heavy atom. The fourth-order valence-corrected chi connectivity index (χ4v) is 3.00. The molecule has 7 heteroatoms. The third-order valence-electron chi connectivity index (χ3n) is 4.72. The molecule has 0 spiro atoms. The number of hydrogen-bond acceptors (Lipinski definition) is 4. The quantitative estimate of drug-likeness (QED) is 0.396. The number of nitrogens with two attached hydrogens (primary N) is 1. The van der Waals surface area contributed by atoms with Gasteiger partial charge in [-0.3, -0.25) is 4.99 Å². The molecule has 2 unspecified atom stereocenters. The zero-order valence-electron chi connectivity index (χ0n) is 15.9. The lowest BCUT2D eigenvalue weighted by Crippen LogP contribution is -2.39. The molecule has 1 saturated carbocycles. The third-order valence-corrected chi connectivity index (χ3v) is 4.72. The summed E-state index contributed by atoms with van der Waals surface area (Å²) < 4.78 is 1.64. The average Bonchev–Trinajstić information content (AvgIpc) is 3.27. The van der Waals surface area contributed by atoms with Gasteiger partial charge in [-0.25, -0.2) is 4.68 Å². The molecule has 1 aromatic carbocycles. The van der Waals surface area contributed by atoms with Gasteiger partial charge in [0, 0.05) is 19.1 Å². The van der Waals surface area contributed by atoms with E-state index in [1.165, 1.54) is 6.42 Å². The van der Waals surface area contributed by atoms with Crippen LogP contribution in [-0.2, 0) is 6.42 Å². The van der Waals surface area contributed by atoms with E-state index in [2.05, 4.69) is 40.6 Å². The molecule has 7 nitrogen and oxygen atoms in total. The van der Waals surface area contributed by atoms with Crippen LogP contribution in [0.25, 0.3) is 5.69 Å². The Balaban J connectivity index is 1.63. The van der Waals surface area contributed by atoms with Crippen LogP contribution in [0.3, 0.4) is 0 Å². The minimum absolute atomic E-state index is 0.389. The fraction of sp³-hybridized carbons (Fsp3) is 0.450. The van der Waals surface area contributed by atoms with Gasteiger partial charge in [0.1, 0.15) is 17.5 Å². The van der Waals surface area contributed by atoms with Crippen LogP contribution in [0.4, 0.5) is 5.82 Å². The Morgan fingerprint density at radius 3 is 2.78 bits per heavy atom. The molecule has 1 heterocycles. The van der Waals surface area contributed by atoms with Crippen molar-refractivity contribution in [2.75, 3.05) is 18.8 Å². The number of rotatable bonds is 7. The smallest absolute Gasteiger partial charge is 0.191 e. The maximum absolute atomic E-state index is 9.47. The van der Waals surface area contributed by atoms with E-state index in [1.807, 2.05) is 30.3 Å². The van der Waals surface area contributed by atoms with Crippen molar-refractivity contribution in [1.82, 2.24) is 20.4 Å². The molecule has 142 valence electrons. The lowest BCUT2D eigenvalue weighted by molar-refractivity contribution is 0.743. The molecule has 4 N–H and O–H groups in total. The topological polar surface area (TPSA) is 104 Å². The number of nitrogens with zero attached hydrogens (tertiary/aromatic N) is 4. The largest absolute Gasteiger partial charge is 0.382 e. The highest BCUT2D eigenvalue weighted by molar-refractivity contribution is 5.80. The van der Waals surface area contributed by atoms with Gasteiger partial charge in [-0.2, -0.15) is 10.4 Å². The lowest BCUT2D eigenvalue weighted by Gasteiger charge is -2.10. The van der Waals surface area contributed by atoms with Crippen LogP contribution in [-0.4, -0.2) is 34.9 Å². The molecule has 27 heavy (non-hydrogen) atoms. The van der Waals surface area contributed by atoms with Gasteiger partial charge in [0.15, 0.2) is 5.96 Å². The third kappa shape index (κ3) is 4.59. The van der Waals surface area contributed by atoms with Crippen molar-refractivity contribution in [3.63, 3.8) is 0 Å². The van der Waals surface area contributed by atoms with Gasteiger partial charge >= 0.3 is 0 Å². The van der Waals surface area contributed by atoms with E-state index in [4.69, 9.17) is 5.73 Å². The molecule has 1 fully saturated rings. The molecule has 2 atom stereocenters. The Morgan fingerprint density at radius 1 is 1.41 bits per heavy atom. The van der Waals surface area contributed by atoms with Crippen molar-refractivity contribution >= 4 is 11.8 Å². The predicted molar refractivity (Wildman–Crippen MR) is 108 cm³/mol. The Hall–Kier alpha value is -3.01. The van der Waals surface area contributed by atoms with Gasteiger partial charge in [0.2, 0.25) is 0 Å². The van der Waals surface area contributed by atoms with Crippen molar-refractivity contribution < 1.29 is 0 Å². The molecule has 0 saturated heterocycles. The molecule has 1 aliphatic rings. The van der Waals surface area contributed by atoms with Crippen LogP contribution in [0.1, 0.15) is 37.9 Å². The maximum Gasteiger partial charge on any atom is 0.191 e. The molecule has 2 aromatic rings. The van der Waals surface area contributed by atoms with Gasteiger partial charge in [-0.1, -0.05) is 25.1 Å². The number of guanidine groups is 1. The first-order chi connectivity index (χ1) is 13.1. The SMILES string of the molecule is CCNC(=NCCCc1nn(-c2ccccc2)c(N)c1C#N)NC1CC1C. The molecule has 1 aromatic heterocycles. The molecule has 0 amide bonds. The summed E-state index contributed by atoms with van der Waals surface area (Å²) in [7, 11) is 0. The van der Waals surface area contributed by atoms with Crippen molar-refractivity contribution in [3.8, 4) is 11.8 Å². The summed E-state index contributed by atoms with van der Waals surface area (Å²) in [5.41, 5.74) is 8.18. The number of aryl methyl sites for hydroxylation is 1. The standard InChI is InChI=1S/C20H27N7/c1-3-23-20(25-18-12-14(18)2)24-11-7-10-17-16(13-21)19(22)27(26-17)15-8-5-4-6-9-15/h4-6,8-9,14,18H,3,7,10-12,22H2,1-2H3,(H2,23,24,25). The second-order valence-electron chi connectivity index (χ2n) is 6.89. The maximum atomic E-state index is 9.47. The molecule has 0 radical (unpaired) electrons. The first kappa shape index (κ1) is 18.8. The first-order valence-corrected chi connectivity index (χ1v) is 9.51. The van der Waals surface area contributed by atoms with E-state index in [-0.39, 0.29) is 0 Å². The number of anilines is 1. The summed E-state index contributed by atoms with van der Waals surface area (Å²) in [6, 6.07) is 12.4. The zero-order chi connectivity index (χ0) is 19.2. The van der Waals surface area contributed by atoms with Gasteiger partial charge in [0.25, 0.3) is 0 Å². The van der Waals surface area contributed by atoms with Crippen LogP contribution < -0.4 is 16.4 Å². The molecular weight excluding hydrogens is 338 g/mol. The van der Waals surface area contributed by atoms with Crippen LogP contribution in [0, 0.1) is 17.2 Å². The van der Waals surface area contributed by atoms with Crippen LogP contribution >= 0.6 is 0 Å². The fourth-order valence-electron chi connectivity index (χ4n) is 3.00. The molecule has 0 bridgehead atoms. The first-order valence-electron chi connectivity index (χ1n) is 9.51. The zero-order valence-corrected chi connectivity index (χ0v) is 15.9. The van der Waals surface area contributed by atoms with Gasteiger partial charge in [-0.15, -0.1) is 0 Å². The Bertz CT molecular complexity index is 832. The monoisotopic (exact) mass is 365 g/mol. The highest BCUT2D eigenvalue weighted by Crippen LogP contribution is 2.28. The number of aliphatic imine (C=N–C) groups is 1. The second-order valence-corrected chi connectivity index (χ2v) is 6.89. The van der Waals surface area contributed by atoms with E-state index >= 15 is 0 Å². The number of para-hydroxylation sites is 1. The van der Waals surface area contributed by atoms with E-state index in [1.54, 1.807) is 4.68 Å². The summed E-state index contributed by atoms with van der Waals surface area (Å²) in [5.74, 6) is 1.97. The molecular formula is C20H27N7. The minimum atomic E-state index is 0.389. The van der Waals surface area contributed by atoms with Crippen LogP contribution in [0.15, 0.2) is 35.3 Å². The number of nitrogens with one attached hydrogen (secondary N) is 2. The summed E-state index contributed by atoms with van der Waals surface area (Å²) in [4.78, 5) is 4.63. The van der Waals surface area contributed by atoms with Gasteiger partial charge in [0.05, 0.1) is 11.4 Å². The molecule has 0 aliphatic heterocycles. The Labute approximate surface area is 160 Å². The highest BCUT2D eigenvalue weighted by atomic mass is 15.3. The van der Waals surface area contributed by atoms with E-state index in [0.29, 0.717) is 30.4 Å². The Kier molecular flexibility index (Phi) is 5.97. The molecule has 3 rings (SSSR count). The normalized spacial score (nSPS) is 18.8. The lowest BCUT2D eigenvalue weighted by atomic mass is 10.1. The predicted octanol–water partition coefficient (Wildman–Crippen LogP) is 2.22. The van der Waals surface area contributed by atoms with Crippen molar-refractivity contribution in [2.24, 2.45) is 10.9 Å². The minimum Gasteiger partial charge on any atom is -0.382 e. The summed E-state index contributed by atoms with van der Waals surface area (Å²) >= 11 is 0. The summed E-state index contributed by atoms with van der Waals surface area (Å²) in [6.45, 7) is 5.80. The van der Waals surface area contributed by atoms with Crippen LogP contribution in [0.2, 0.25) is 0 Å². The summed E-state index contributed by atoms with van der Waals surface area (Å²) in [5, 5.41) is 20.8. The van der Waals surface area contributed by atoms with Crippen LogP contribution in [0.5, 0.6) is 0 Å². The van der Waals surface area contributed by atoms with Gasteiger partial charge < -0.3 is 16.4 Å². The number of aromatic nitrogens is 2.